The molecule has 1 N–H and O–H groups in total. The molecule has 0 atom stereocenters. The molecule has 0 saturated heterocycles. The lowest BCUT2D eigenvalue weighted by atomic mass is 10.1. The van der Waals surface area contributed by atoms with E-state index in [0.717, 1.165) is 27.9 Å². The number of aromatic nitrogens is 3. The van der Waals surface area contributed by atoms with E-state index < -0.39 is 0 Å². The average Bonchev–Trinajstić information content (AvgIpc) is 3.31. The molecule has 0 aliphatic carbocycles. The van der Waals surface area contributed by atoms with Crippen LogP contribution in [0.5, 0.6) is 5.75 Å². The molecular formula is C28H29N5O2. The number of methoxy groups -OCH3 is 1. The molecule has 35 heavy (non-hydrogen) atoms. The van der Waals surface area contributed by atoms with Crippen molar-refractivity contribution >= 4 is 23.6 Å². The Morgan fingerprint density at radius 3 is 2.43 bits per heavy atom. The van der Waals surface area contributed by atoms with Crippen molar-refractivity contribution in [3.05, 3.63) is 95.6 Å². The summed E-state index contributed by atoms with van der Waals surface area (Å²) in [6.07, 6.45) is 3.20. The number of carbonyl (C=O) groups excluding carboxylic acids is 1. The Hall–Kier alpha value is -4.39. The maximum atomic E-state index is 13.2. The highest BCUT2D eigenvalue weighted by Crippen LogP contribution is 2.21. The summed E-state index contributed by atoms with van der Waals surface area (Å²) in [4.78, 5) is 19.8. The first-order valence-corrected chi connectivity index (χ1v) is 11.3. The topological polar surface area (TPSA) is 72.3 Å². The first kappa shape index (κ1) is 23.8. The lowest BCUT2D eigenvalue weighted by molar-refractivity contribution is 0.0957. The number of hydrogen-bond donors (Lipinski definition) is 1. The molecule has 0 radical (unpaired) electrons. The highest BCUT2D eigenvalue weighted by Gasteiger charge is 2.16. The Balaban J connectivity index is 1.61. The van der Waals surface area contributed by atoms with E-state index in [1.54, 1.807) is 13.2 Å². The molecule has 1 heterocycles. The molecule has 0 saturated carbocycles. The van der Waals surface area contributed by atoms with Crippen molar-refractivity contribution in [1.82, 2.24) is 14.8 Å². The van der Waals surface area contributed by atoms with Crippen LogP contribution in [0.3, 0.4) is 0 Å². The van der Waals surface area contributed by atoms with Crippen molar-refractivity contribution in [3.8, 4) is 17.1 Å². The van der Waals surface area contributed by atoms with E-state index in [0.29, 0.717) is 24.1 Å². The van der Waals surface area contributed by atoms with Crippen LogP contribution in [-0.4, -0.2) is 41.9 Å². The van der Waals surface area contributed by atoms with Crippen molar-refractivity contribution in [2.75, 3.05) is 31.4 Å². The third kappa shape index (κ3) is 5.76. The third-order valence-corrected chi connectivity index (χ3v) is 5.57. The highest BCUT2D eigenvalue weighted by molar-refractivity contribution is 5.95. The molecule has 0 amide bonds. The molecule has 3 aromatic carbocycles. The summed E-state index contributed by atoms with van der Waals surface area (Å²) in [6, 6.07) is 23.6. The molecule has 0 bridgehead atoms. The minimum Gasteiger partial charge on any atom is -0.496 e. The number of nitrogens with one attached hydrogen (secondary N) is 1. The van der Waals surface area contributed by atoms with E-state index in [1.165, 1.54) is 10.8 Å². The van der Waals surface area contributed by atoms with Gasteiger partial charge in [0.1, 0.15) is 5.75 Å². The fourth-order valence-corrected chi connectivity index (χ4v) is 3.53. The molecule has 1 aromatic heterocycles. The number of allylic oxidation sites excluding steroid dienone is 1. The van der Waals surface area contributed by atoms with E-state index in [-0.39, 0.29) is 5.91 Å². The number of para-hydroxylation sites is 1. The second-order valence-electron chi connectivity index (χ2n) is 8.36. The van der Waals surface area contributed by atoms with Crippen LogP contribution in [0.4, 0.5) is 11.6 Å². The molecule has 0 aliphatic heterocycles. The second-order valence-corrected chi connectivity index (χ2v) is 8.36. The number of carbonyl (C=O) groups is 1. The van der Waals surface area contributed by atoms with Crippen molar-refractivity contribution in [2.24, 2.45) is 0 Å². The first-order chi connectivity index (χ1) is 16.9. The second kappa shape index (κ2) is 10.7. The van der Waals surface area contributed by atoms with Gasteiger partial charge in [-0.15, -0.1) is 5.10 Å². The van der Waals surface area contributed by atoms with Crippen LogP contribution in [0, 0.1) is 6.92 Å². The van der Waals surface area contributed by atoms with Gasteiger partial charge in [0.25, 0.3) is 5.91 Å². The number of nitrogens with zero attached hydrogens (tertiary/aromatic N) is 4. The Morgan fingerprint density at radius 2 is 1.74 bits per heavy atom. The monoisotopic (exact) mass is 467 g/mol. The standard InChI is InChI=1S/C28H29N5O2/c1-20-9-13-23(14-10-20)27-30-28(29-19-21-11-16-24(17-12-21)32(2)3)33(31-27)26(34)18-15-22-7-5-6-8-25(22)35-4/h5-18H,19H2,1-4H3,(H,29,30,31). The van der Waals surface area contributed by atoms with Gasteiger partial charge in [0.2, 0.25) is 5.95 Å². The molecule has 0 unspecified atom stereocenters. The van der Waals surface area contributed by atoms with Crippen LogP contribution in [-0.2, 0) is 6.54 Å². The Kier molecular flexibility index (Phi) is 7.26. The Morgan fingerprint density at radius 1 is 1.03 bits per heavy atom. The SMILES string of the molecule is COc1ccccc1C=CC(=O)n1nc(-c2ccc(C)cc2)nc1NCc1ccc(N(C)C)cc1. The smallest absolute Gasteiger partial charge is 0.274 e. The predicted octanol–water partition coefficient (Wildman–Crippen LogP) is 5.29. The average molecular weight is 468 g/mol. The first-order valence-electron chi connectivity index (χ1n) is 11.3. The van der Waals surface area contributed by atoms with Crippen LogP contribution < -0.4 is 15.0 Å². The van der Waals surface area contributed by atoms with Crippen LogP contribution in [0.15, 0.2) is 78.9 Å². The van der Waals surface area contributed by atoms with Crippen LogP contribution in [0.1, 0.15) is 21.5 Å². The number of hydrogen-bond acceptors (Lipinski definition) is 6. The number of ether oxygens (including phenoxy) is 1. The van der Waals surface area contributed by atoms with E-state index in [2.05, 4.69) is 32.4 Å². The quantitative estimate of drug-likeness (QED) is 0.355. The zero-order valence-electron chi connectivity index (χ0n) is 20.4. The fraction of sp³-hybridized carbons (Fsp3) is 0.179. The minimum atomic E-state index is -0.313. The van der Waals surface area contributed by atoms with Gasteiger partial charge in [0, 0.05) is 43.5 Å². The van der Waals surface area contributed by atoms with Gasteiger partial charge in [-0.25, -0.2) is 0 Å². The minimum absolute atomic E-state index is 0.313. The number of aryl methyl sites for hydroxylation is 1. The van der Waals surface area contributed by atoms with Gasteiger partial charge in [-0.3, -0.25) is 4.79 Å². The van der Waals surface area contributed by atoms with Crippen molar-refractivity contribution in [3.63, 3.8) is 0 Å². The van der Waals surface area contributed by atoms with E-state index in [9.17, 15) is 4.79 Å². The molecule has 0 aliphatic rings. The largest absolute Gasteiger partial charge is 0.496 e. The summed E-state index contributed by atoms with van der Waals surface area (Å²) in [7, 11) is 5.62. The van der Waals surface area contributed by atoms with Gasteiger partial charge >= 0.3 is 0 Å². The summed E-state index contributed by atoms with van der Waals surface area (Å²) in [5.74, 6) is 1.24. The molecule has 0 fully saturated rings. The van der Waals surface area contributed by atoms with Gasteiger partial charge in [-0.1, -0.05) is 60.2 Å². The third-order valence-electron chi connectivity index (χ3n) is 5.57. The van der Waals surface area contributed by atoms with Crippen molar-refractivity contribution in [2.45, 2.75) is 13.5 Å². The molecule has 7 heteroatoms. The Labute approximate surface area is 205 Å². The van der Waals surface area contributed by atoms with Gasteiger partial charge in [-0.05, 0) is 36.8 Å². The zero-order valence-corrected chi connectivity index (χ0v) is 20.4. The van der Waals surface area contributed by atoms with E-state index in [1.807, 2.05) is 81.7 Å². The summed E-state index contributed by atoms with van der Waals surface area (Å²) >= 11 is 0. The van der Waals surface area contributed by atoms with Gasteiger partial charge < -0.3 is 15.0 Å². The van der Waals surface area contributed by atoms with E-state index in [4.69, 9.17) is 4.74 Å². The van der Waals surface area contributed by atoms with Crippen LogP contribution in [0.2, 0.25) is 0 Å². The van der Waals surface area contributed by atoms with E-state index >= 15 is 0 Å². The fourth-order valence-electron chi connectivity index (χ4n) is 3.53. The highest BCUT2D eigenvalue weighted by atomic mass is 16.5. The lowest BCUT2D eigenvalue weighted by Gasteiger charge is -2.13. The van der Waals surface area contributed by atoms with Gasteiger partial charge in [0.15, 0.2) is 5.82 Å². The number of benzene rings is 3. The maximum absolute atomic E-state index is 13.2. The van der Waals surface area contributed by atoms with Crippen molar-refractivity contribution in [1.29, 1.82) is 0 Å². The lowest BCUT2D eigenvalue weighted by Crippen LogP contribution is -2.14. The van der Waals surface area contributed by atoms with Gasteiger partial charge in [0.05, 0.1) is 7.11 Å². The van der Waals surface area contributed by atoms with Crippen molar-refractivity contribution < 1.29 is 9.53 Å². The molecule has 178 valence electrons. The maximum Gasteiger partial charge on any atom is 0.274 e. The van der Waals surface area contributed by atoms with Gasteiger partial charge in [-0.2, -0.15) is 9.67 Å². The summed E-state index contributed by atoms with van der Waals surface area (Å²) in [5.41, 5.74) is 4.98. The Bertz CT molecular complexity index is 1320. The molecule has 4 rings (SSSR count). The summed E-state index contributed by atoms with van der Waals surface area (Å²) in [5, 5.41) is 7.80. The molecule has 0 spiro atoms. The number of anilines is 2. The summed E-state index contributed by atoms with van der Waals surface area (Å²) < 4.78 is 6.68. The van der Waals surface area contributed by atoms with Crippen LogP contribution in [0.25, 0.3) is 17.5 Å². The molecule has 4 aromatic rings. The molecule has 7 nitrogen and oxygen atoms in total. The normalized spacial score (nSPS) is 11.0. The van der Waals surface area contributed by atoms with Crippen LogP contribution >= 0.6 is 0 Å². The predicted molar refractivity (Wildman–Crippen MR) is 141 cm³/mol. The number of rotatable bonds is 8. The molecular weight excluding hydrogens is 438 g/mol. The zero-order chi connectivity index (χ0) is 24.8. The summed E-state index contributed by atoms with van der Waals surface area (Å²) in [6.45, 7) is 2.53.